The number of fused-ring (bicyclic) bond motifs is 1. The van der Waals surface area contributed by atoms with E-state index in [1.807, 2.05) is 18.2 Å². The Labute approximate surface area is 163 Å². The topological polar surface area (TPSA) is 70.4 Å². The highest BCUT2D eigenvalue weighted by Crippen LogP contribution is 2.37. The first-order valence-corrected chi connectivity index (χ1v) is 10.9. The average Bonchev–Trinajstić information content (AvgIpc) is 3.07. The third-order valence-corrected chi connectivity index (χ3v) is 6.74. The lowest BCUT2D eigenvalue weighted by Crippen LogP contribution is -2.45. The molecule has 27 heavy (non-hydrogen) atoms. The molecule has 5 nitrogen and oxygen atoms in total. The summed E-state index contributed by atoms with van der Waals surface area (Å²) in [6, 6.07) is 7.82. The second kappa shape index (κ2) is 8.51. The number of rotatable bonds is 4. The summed E-state index contributed by atoms with van der Waals surface area (Å²) in [4.78, 5) is 13.9. The quantitative estimate of drug-likeness (QED) is 0.749. The van der Waals surface area contributed by atoms with E-state index in [2.05, 4.69) is 15.5 Å². The average molecular weight is 371 g/mol. The fourth-order valence-corrected chi connectivity index (χ4v) is 5.17. The molecule has 0 spiro atoms. The second-order valence-electron chi connectivity index (χ2n) is 8.62. The summed E-state index contributed by atoms with van der Waals surface area (Å²) in [6.07, 6.45) is 14.8. The predicted octanol–water partition coefficient (Wildman–Crippen LogP) is 3.99. The van der Waals surface area contributed by atoms with Gasteiger partial charge in [-0.25, -0.2) is 0 Å². The zero-order valence-electron chi connectivity index (χ0n) is 16.4. The Kier molecular flexibility index (Phi) is 5.86. The molecule has 5 heteroatoms. The van der Waals surface area contributed by atoms with Crippen LogP contribution in [0.1, 0.15) is 81.0 Å². The zero-order valence-corrected chi connectivity index (χ0v) is 16.4. The number of anilines is 2. The summed E-state index contributed by atoms with van der Waals surface area (Å²) in [7, 11) is 0. The van der Waals surface area contributed by atoms with Crippen molar-refractivity contribution in [3.05, 3.63) is 23.8 Å². The predicted molar refractivity (Wildman–Crippen MR) is 111 cm³/mol. The van der Waals surface area contributed by atoms with Crippen LogP contribution < -0.4 is 21.3 Å². The lowest BCUT2D eigenvalue weighted by Gasteiger charge is -2.37. The smallest absolute Gasteiger partial charge is 0.248 e. The van der Waals surface area contributed by atoms with E-state index in [4.69, 9.17) is 5.73 Å². The number of nitrogens with zero attached hydrogens (tertiary/aromatic N) is 1. The molecule has 1 heterocycles. The number of amides is 1. The molecule has 1 aromatic rings. The monoisotopic (exact) mass is 370 g/mol. The first kappa shape index (κ1) is 18.6. The van der Waals surface area contributed by atoms with Gasteiger partial charge in [0.05, 0.1) is 18.0 Å². The van der Waals surface area contributed by atoms with Gasteiger partial charge >= 0.3 is 0 Å². The number of carbonyl (C=O) groups excluding carboxylic acids is 1. The minimum atomic E-state index is -0.362. The van der Waals surface area contributed by atoms with Crippen molar-refractivity contribution in [1.29, 1.82) is 0 Å². The molecule has 0 saturated heterocycles. The minimum Gasteiger partial charge on any atom is -0.366 e. The van der Waals surface area contributed by atoms with E-state index >= 15 is 0 Å². The molecule has 2 aliphatic carbocycles. The summed E-state index contributed by atoms with van der Waals surface area (Å²) in [5.74, 6) is -0.362. The van der Waals surface area contributed by atoms with Crippen LogP contribution in [0.5, 0.6) is 0 Å². The Bertz CT molecular complexity index is 646. The van der Waals surface area contributed by atoms with Crippen molar-refractivity contribution in [2.24, 2.45) is 5.73 Å². The van der Waals surface area contributed by atoms with Crippen molar-refractivity contribution in [2.75, 3.05) is 16.9 Å². The molecule has 1 amide bonds. The van der Waals surface area contributed by atoms with Crippen LogP contribution in [0.3, 0.4) is 0 Å². The molecule has 0 radical (unpaired) electrons. The summed E-state index contributed by atoms with van der Waals surface area (Å²) < 4.78 is 0. The van der Waals surface area contributed by atoms with Crippen LogP contribution in [0.4, 0.5) is 11.4 Å². The van der Waals surface area contributed by atoms with Gasteiger partial charge in [0.2, 0.25) is 5.91 Å². The number of carbonyl (C=O) groups is 1. The molecule has 0 aromatic heterocycles. The number of hydrogen-bond donors (Lipinski definition) is 3. The number of nitrogens with one attached hydrogen (secondary N) is 2. The first-order valence-electron chi connectivity index (χ1n) is 10.9. The van der Waals surface area contributed by atoms with Gasteiger partial charge in [0.1, 0.15) is 0 Å². The molecule has 0 atom stereocenters. The number of benzene rings is 1. The Hall–Kier alpha value is -1.75. The van der Waals surface area contributed by atoms with E-state index in [1.54, 1.807) is 0 Å². The van der Waals surface area contributed by atoms with Gasteiger partial charge in [-0.2, -0.15) is 0 Å². The maximum Gasteiger partial charge on any atom is 0.248 e. The molecular formula is C22H34N4O. The summed E-state index contributed by atoms with van der Waals surface area (Å²) >= 11 is 0. The normalized spacial score (nSPS) is 26.7. The number of nitrogens with two attached hydrogens (primary N) is 1. The van der Waals surface area contributed by atoms with Crippen LogP contribution in [0.25, 0.3) is 0 Å². The van der Waals surface area contributed by atoms with E-state index in [0.717, 1.165) is 18.4 Å². The molecule has 3 aliphatic rings. The highest BCUT2D eigenvalue weighted by molar-refractivity contribution is 5.95. The van der Waals surface area contributed by atoms with Crippen molar-refractivity contribution < 1.29 is 4.79 Å². The van der Waals surface area contributed by atoms with E-state index < -0.39 is 0 Å². The van der Waals surface area contributed by atoms with Gasteiger partial charge in [0.25, 0.3) is 0 Å². The Morgan fingerprint density at radius 1 is 0.963 bits per heavy atom. The van der Waals surface area contributed by atoms with Crippen LogP contribution in [0.2, 0.25) is 0 Å². The van der Waals surface area contributed by atoms with Crippen LogP contribution in [-0.4, -0.2) is 30.7 Å². The summed E-state index contributed by atoms with van der Waals surface area (Å²) in [5, 5.41) is 7.43. The van der Waals surface area contributed by atoms with Crippen molar-refractivity contribution >= 4 is 17.3 Å². The Balaban J connectivity index is 1.30. The Morgan fingerprint density at radius 2 is 1.63 bits per heavy atom. The van der Waals surface area contributed by atoms with Crippen LogP contribution in [-0.2, 0) is 0 Å². The van der Waals surface area contributed by atoms with Gasteiger partial charge in [0, 0.05) is 23.7 Å². The Morgan fingerprint density at radius 3 is 2.33 bits per heavy atom. The summed E-state index contributed by atoms with van der Waals surface area (Å²) in [5.41, 5.74) is 8.25. The lowest BCUT2D eigenvalue weighted by molar-refractivity contribution is 0.100. The molecule has 0 bridgehead atoms. The van der Waals surface area contributed by atoms with Gasteiger partial charge in [-0.3, -0.25) is 4.79 Å². The molecule has 4 N–H and O–H groups in total. The van der Waals surface area contributed by atoms with Crippen LogP contribution >= 0.6 is 0 Å². The molecule has 2 saturated carbocycles. The zero-order chi connectivity index (χ0) is 18.6. The van der Waals surface area contributed by atoms with Gasteiger partial charge in [0.15, 0.2) is 0 Å². The lowest BCUT2D eigenvalue weighted by atomic mass is 9.88. The van der Waals surface area contributed by atoms with Gasteiger partial charge < -0.3 is 21.3 Å². The third kappa shape index (κ3) is 4.40. The van der Waals surface area contributed by atoms with Crippen molar-refractivity contribution in [3.8, 4) is 0 Å². The SMILES string of the molecule is NC(=O)c1ccc2c(c1)NCN2C1CCC(NC2CCCCCCC2)CC1. The van der Waals surface area contributed by atoms with Crippen molar-refractivity contribution in [3.63, 3.8) is 0 Å². The van der Waals surface area contributed by atoms with Gasteiger partial charge in [-0.1, -0.05) is 32.1 Å². The molecular weight excluding hydrogens is 336 g/mol. The standard InChI is InChI=1S/C22H34N4O/c23-22(27)16-8-13-21-20(14-16)24-15-26(21)19-11-9-18(10-12-19)25-17-6-4-2-1-3-5-7-17/h8,13-14,17-19,24-25H,1-7,9-12,15H2,(H2,23,27). The molecule has 2 fully saturated rings. The molecule has 0 unspecified atom stereocenters. The van der Waals surface area contributed by atoms with Crippen molar-refractivity contribution in [2.45, 2.75) is 88.8 Å². The number of hydrogen-bond acceptors (Lipinski definition) is 4. The molecule has 4 rings (SSSR count). The maximum atomic E-state index is 11.4. The number of primary amides is 1. The maximum absolute atomic E-state index is 11.4. The highest BCUT2D eigenvalue weighted by atomic mass is 16.1. The largest absolute Gasteiger partial charge is 0.366 e. The summed E-state index contributed by atoms with van der Waals surface area (Å²) in [6.45, 7) is 0.836. The fraction of sp³-hybridized carbons (Fsp3) is 0.682. The van der Waals surface area contributed by atoms with E-state index in [-0.39, 0.29) is 5.91 Å². The minimum absolute atomic E-state index is 0.362. The van der Waals surface area contributed by atoms with Crippen molar-refractivity contribution in [1.82, 2.24) is 5.32 Å². The highest BCUT2D eigenvalue weighted by Gasteiger charge is 2.31. The molecule has 148 valence electrons. The van der Waals surface area contributed by atoms with E-state index in [9.17, 15) is 4.79 Å². The van der Waals surface area contributed by atoms with Gasteiger partial charge in [-0.15, -0.1) is 0 Å². The third-order valence-electron chi connectivity index (χ3n) is 6.74. The van der Waals surface area contributed by atoms with E-state index in [0.29, 0.717) is 17.6 Å². The van der Waals surface area contributed by atoms with Crippen LogP contribution in [0, 0.1) is 0 Å². The van der Waals surface area contributed by atoms with Gasteiger partial charge in [-0.05, 0) is 56.7 Å². The van der Waals surface area contributed by atoms with E-state index in [1.165, 1.54) is 76.3 Å². The second-order valence-corrected chi connectivity index (χ2v) is 8.62. The molecule has 1 aliphatic heterocycles. The van der Waals surface area contributed by atoms with Crippen LogP contribution in [0.15, 0.2) is 18.2 Å². The molecule has 1 aromatic carbocycles. The fourth-order valence-electron chi connectivity index (χ4n) is 5.17. The first-order chi connectivity index (χ1) is 13.2.